The maximum atomic E-state index is 12.1. The first-order valence-electron chi connectivity index (χ1n) is 7.20. The summed E-state index contributed by atoms with van der Waals surface area (Å²) >= 11 is 0. The third kappa shape index (κ3) is 3.81. The molecule has 0 N–H and O–H groups in total. The minimum atomic E-state index is -2.12. The Bertz CT molecular complexity index is 537. The van der Waals surface area contributed by atoms with E-state index in [1.165, 1.54) is 19.3 Å². The summed E-state index contributed by atoms with van der Waals surface area (Å²) in [7, 11) is -0.888. The molecule has 6 heteroatoms. The van der Waals surface area contributed by atoms with Crippen molar-refractivity contribution in [2.24, 2.45) is 0 Å². The van der Waals surface area contributed by atoms with E-state index in [1.54, 1.807) is 0 Å². The molecule has 0 heterocycles. The van der Waals surface area contributed by atoms with Crippen molar-refractivity contribution >= 4 is 26.4 Å². The number of allylic oxidation sites excluding steroid dienone is 1. The normalized spacial score (nSPS) is 19.9. The fraction of sp³-hybridized carbons (Fsp3) is 0.562. The van der Waals surface area contributed by atoms with Crippen LogP contribution in [0.5, 0.6) is 0 Å². The van der Waals surface area contributed by atoms with Gasteiger partial charge in [-0.15, -0.1) is 0 Å². The maximum absolute atomic E-state index is 12.1. The molecule has 0 spiro atoms. The van der Waals surface area contributed by atoms with Crippen molar-refractivity contribution < 1.29 is 23.5 Å². The maximum Gasteiger partial charge on any atom is 0.341 e. The van der Waals surface area contributed by atoms with Crippen molar-refractivity contribution in [1.29, 1.82) is 0 Å². The van der Waals surface area contributed by atoms with Gasteiger partial charge in [0, 0.05) is 6.42 Å². The van der Waals surface area contributed by atoms with Crippen molar-refractivity contribution in [3.05, 3.63) is 23.3 Å². The number of hydrogen-bond acceptors (Lipinski definition) is 5. The van der Waals surface area contributed by atoms with Crippen LogP contribution < -0.4 is 0 Å². The summed E-state index contributed by atoms with van der Waals surface area (Å²) in [4.78, 5) is 34.6. The lowest BCUT2D eigenvalue weighted by Crippen LogP contribution is -2.44. The van der Waals surface area contributed by atoms with E-state index in [0.29, 0.717) is 11.9 Å². The molecule has 0 aliphatic heterocycles. The number of ketones is 1. The zero-order chi connectivity index (χ0) is 17.1. The summed E-state index contributed by atoms with van der Waals surface area (Å²) in [6, 6.07) is 0. The molecule has 1 aliphatic carbocycles. The van der Waals surface area contributed by atoms with E-state index >= 15 is 0 Å². The van der Waals surface area contributed by atoms with Crippen molar-refractivity contribution in [3.63, 3.8) is 0 Å². The molecule has 0 saturated carbocycles. The Hall–Kier alpha value is -1.53. The molecular formula is C16H24O5Si. The van der Waals surface area contributed by atoms with E-state index in [2.05, 4.69) is 38.6 Å². The molecule has 1 rings (SSSR count). The van der Waals surface area contributed by atoms with Crippen molar-refractivity contribution in [2.75, 3.05) is 7.11 Å². The van der Waals surface area contributed by atoms with E-state index < -0.39 is 20.4 Å². The molecule has 0 aromatic carbocycles. The fourth-order valence-electron chi connectivity index (χ4n) is 2.01. The Kier molecular flexibility index (Phi) is 5.64. The van der Waals surface area contributed by atoms with Crippen LogP contribution in [0.3, 0.4) is 0 Å². The van der Waals surface area contributed by atoms with Gasteiger partial charge in [0.2, 0.25) is 0 Å². The Labute approximate surface area is 132 Å². The van der Waals surface area contributed by atoms with Gasteiger partial charge in [0.25, 0.3) is 0 Å². The topological polar surface area (TPSA) is 69.7 Å². The number of aldehydes is 1. The van der Waals surface area contributed by atoms with E-state index in [4.69, 9.17) is 4.43 Å². The molecule has 0 radical (unpaired) electrons. The lowest BCUT2D eigenvalue weighted by Gasteiger charge is -2.38. The number of carbonyl (C=O) groups is 3. The predicted molar refractivity (Wildman–Crippen MR) is 85.9 cm³/mol. The lowest BCUT2D eigenvalue weighted by atomic mass is 10.1. The highest BCUT2D eigenvalue weighted by molar-refractivity contribution is 6.74. The molecule has 1 aliphatic rings. The Morgan fingerprint density at radius 1 is 1.32 bits per heavy atom. The second-order valence-electron chi connectivity index (χ2n) is 6.81. The molecule has 5 nitrogen and oxygen atoms in total. The second-order valence-corrected chi connectivity index (χ2v) is 11.6. The number of methoxy groups -OCH3 is 1. The fourth-order valence-corrected chi connectivity index (χ4v) is 3.28. The van der Waals surface area contributed by atoms with Crippen molar-refractivity contribution in [1.82, 2.24) is 0 Å². The first-order valence-corrected chi connectivity index (χ1v) is 10.1. The SMILES string of the molecule is COC(=O)C1=C(/C=C/C=O)C(O[Si](C)(C)C(C)(C)C)CC1=O. The van der Waals surface area contributed by atoms with Gasteiger partial charge in [-0.1, -0.05) is 26.8 Å². The molecule has 0 aromatic heterocycles. The van der Waals surface area contributed by atoms with Gasteiger partial charge in [0.15, 0.2) is 14.1 Å². The summed E-state index contributed by atoms with van der Waals surface area (Å²) in [6.45, 7) is 10.5. The van der Waals surface area contributed by atoms with Gasteiger partial charge in [-0.3, -0.25) is 9.59 Å². The molecule has 22 heavy (non-hydrogen) atoms. The number of carbonyl (C=O) groups excluding carboxylic acids is 3. The van der Waals surface area contributed by atoms with Crippen molar-refractivity contribution in [2.45, 2.75) is 51.4 Å². The van der Waals surface area contributed by atoms with Gasteiger partial charge in [0.1, 0.15) is 11.9 Å². The highest BCUT2D eigenvalue weighted by Crippen LogP contribution is 2.40. The van der Waals surface area contributed by atoms with E-state index in [9.17, 15) is 14.4 Å². The van der Waals surface area contributed by atoms with Crippen LogP contribution in [0.2, 0.25) is 18.1 Å². The third-order valence-corrected chi connectivity index (χ3v) is 8.76. The summed E-state index contributed by atoms with van der Waals surface area (Å²) < 4.78 is 10.9. The van der Waals surface area contributed by atoms with E-state index in [0.717, 1.165) is 0 Å². The third-order valence-electron chi connectivity index (χ3n) is 4.27. The molecule has 0 aromatic rings. The average molecular weight is 324 g/mol. The zero-order valence-electron chi connectivity index (χ0n) is 14.1. The minimum Gasteiger partial charge on any atom is -0.465 e. The van der Waals surface area contributed by atoms with Gasteiger partial charge >= 0.3 is 5.97 Å². The first-order chi connectivity index (χ1) is 10.0. The Balaban J connectivity index is 3.23. The molecule has 122 valence electrons. The monoisotopic (exact) mass is 324 g/mol. The predicted octanol–water partition coefficient (Wildman–Crippen LogP) is 2.57. The molecule has 1 unspecified atom stereocenters. The van der Waals surface area contributed by atoms with Gasteiger partial charge in [-0.2, -0.15) is 0 Å². The van der Waals surface area contributed by atoms with Gasteiger partial charge in [-0.05, 0) is 29.8 Å². The Morgan fingerprint density at radius 2 is 1.91 bits per heavy atom. The highest BCUT2D eigenvalue weighted by atomic mass is 28.4. The van der Waals surface area contributed by atoms with Crippen molar-refractivity contribution in [3.8, 4) is 0 Å². The summed E-state index contributed by atoms with van der Waals surface area (Å²) in [6.07, 6.45) is 2.95. The number of hydrogen-bond donors (Lipinski definition) is 0. The lowest BCUT2D eigenvalue weighted by molar-refractivity contribution is -0.137. The van der Waals surface area contributed by atoms with Gasteiger partial charge < -0.3 is 9.16 Å². The highest BCUT2D eigenvalue weighted by Gasteiger charge is 2.44. The first kappa shape index (κ1) is 18.5. The van der Waals surface area contributed by atoms with Gasteiger partial charge in [-0.25, -0.2) is 4.79 Å². The zero-order valence-corrected chi connectivity index (χ0v) is 15.1. The summed E-state index contributed by atoms with van der Waals surface area (Å²) in [5, 5.41) is -0.0243. The summed E-state index contributed by atoms with van der Waals surface area (Å²) in [5.74, 6) is -0.988. The molecule has 0 fully saturated rings. The second kappa shape index (κ2) is 6.70. The van der Waals surface area contributed by atoms with Crippen LogP contribution in [-0.2, 0) is 23.5 Å². The quantitative estimate of drug-likeness (QED) is 0.256. The van der Waals surface area contributed by atoms with Gasteiger partial charge in [0.05, 0.1) is 13.2 Å². The Morgan fingerprint density at radius 3 is 2.36 bits per heavy atom. The molecule has 0 saturated heterocycles. The number of rotatable bonds is 5. The molecule has 0 amide bonds. The van der Waals surface area contributed by atoms with Crippen LogP contribution in [-0.4, -0.2) is 39.6 Å². The average Bonchev–Trinajstić information content (AvgIpc) is 2.69. The number of ether oxygens (including phenoxy) is 1. The van der Waals surface area contributed by atoms with Crippen LogP contribution in [0.15, 0.2) is 23.3 Å². The van der Waals surface area contributed by atoms with Crippen LogP contribution >= 0.6 is 0 Å². The van der Waals surface area contributed by atoms with E-state index in [1.807, 2.05) is 0 Å². The molecular weight excluding hydrogens is 300 g/mol. The summed E-state index contributed by atoms with van der Waals surface area (Å²) in [5.41, 5.74) is 0.429. The molecule has 0 bridgehead atoms. The van der Waals surface area contributed by atoms with Crippen LogP contribution in [0.25, 0.3) is 0 Å². The van der Waals surface area contributed by atoms with Crippen LogP contribution in [0.1, 0.15) is 27.2 Å². The smallest absolute Gasteiger partial charge is 0.341 e. The van der Waals surface area contributed by atoms with Crippen LogP contribution in [0, 0.1) is 0 Å². The largest absolute Gasteiger partial charge is 0.465 e. The number of esters is 1. The minimum absolute atomic E-state index is 0.00990. The van der Waals surface area contributed by atoms with Crippen LogP contribution in [0.4, 0.5) is 0 Å². The van der Waals surface area contributed by atoms with E-state index in [-0.39, 0.29) is 22.8 Å². The molecule has 1 atom stereocenters. The number of Topliss-reactive ketones (excluding diaryl/α,β-unsaturated/α-hetero) is 1. The standard InChI is InChI=1S/C16H24O5Si/c1-16(2,3)22(5,6)21-13-10-12(18)14(15(19)20-4)11(13)8-7-9-17/h7-9,13H,10H2,1-6H3/b8-7+.